The molecule has 2 aromatic carbocycles. The van der Waals surface area contributed by atoms with Crippen molar-refractivity contribution in [3.05, 3.63) is 65.5 Å². The molecule has 2 aromatic rings. The van der Waals surface area contributed by atoms with Gasteiger partial charge in [-0.2, -0.15) is 0 Å². The molecule has 29 heavy (non-hydrogen) atoms. The molecule has 0 aliphatic carbocycles. The van der Waals surface area contributed by atoms with Crippen molar-refractivity contribution in [2.24, 2.45) is 5.41 Å². The SMILES string of the molecule is CCC(NC1(c2cc(NC(C)=O)ccc2F)COCC1(C)CO)c1ccccc1. The number of hydrogen-bond acceptors (Lipinski definition) is 4. The lowest BCUT2D eigenvalue weighted by molar-refractivity contribution is -0.114. The van der Waals surface area contributed by atoms with Gasteiger partial charge in [0.15, 0.2) is 0 Å². The van der Waals surface area contributed by atoms with E-state index in [1.54, 1.807) is 6.07 Å². The topological polar surface area (TPSA) is 70.6 Å². The highest BCUT2D eigenvalue weighted by Crippen LogP contribution is 2.48. The number of carbonyl (C=O) groups excluding carboxylic acids is 1. The van der Waals surface area contributed by atoms with Crippen molar-refractivity contribution >= 4 is 11.6 Å². The summed E-state index contributed by atoms with van der Waals surface area (Å²) in [5.74, 6) is -0.632. The van der Waals surface area contributed by atoms with Gasteiger partial charge in [0.25, 0.3) is 0 Å². The van der Waals surface area contributed by atoms with E-state index in [9.17, 15) is 9.90 Å². The largest absolute Gasteiger partial charge is 0.396 e. The number of ether oxygens (including phenoxy) is 1. The molecule has 1 fully saturated rings. The zero-order chi connectivity index (χ0) is 21.1. The Morgan fingerprint density at radius 1 is 1.24 bits per heavy atom. The Kier molecular flexibility index (Phi) is 6.36. The van der Waals surface area contributed by atoms with Crippen molar-refractivity contribution in [1.82, 2.24) is 5.32 Å². The number of anilines is 1. The molecule has 3 rings (SSSR count). The molecule has 1 heterocycles. The summed E-state index contributed by atoms with van der Waals surface area (Å²) >= 11 is 0. The highest BCUT2D eigenvalue weighted by atomic mass is 19.1. The second-order valence-corrected chi connectivity index (χ2v) is 8.01. The lowest BCUT2D eigenvalue weighted by atomic mass is 9.68. The molecule has 0 spiro atoms. The average Bonchev–Trinajstić information content (AvgIpc) is 3.05. The van der Waals surface area contributed by atoms with Gasteiger partial charge in [0, 0.05) is 29.6 Å². The fourth-order valence-electron chi connectivity index (χ4n) is 4.14. The summed E-state index contributed by atoms with van der Waals surface area (Å²) in [6, 6.07) is 14.4. The molecule has 1 amide bonds. The number of benzene rings is 2. The third-order valence-electron chi connectivity index (χ3n) is 5.90. The predicted molar refractivity (Wildman–Crippen MR) is 111 cm³/mol. The van der Waals surface area contributed by atoms with E-state index < -0.39 is 16.8 Å². The molecular formula is C23H29FN2O3. The monoisotopic (exact) mass is 400 g/mol. The van der Waals surface area contributed by atoms with Crippen molar-refractivity contribution in [2.45, 2.75) is 38.8 Å². The first-order valence-electron chi connectivity index (χ1n) is 9.94. The maximum atomic E-state index is 15.2. The van der Waals surface area contributed by atoms with Crippen LogP contribution in [0.4, 0.5) is 10.1 Å². The molecule has 156 valence electrons. The van der Waals surface area contributed by atoms with Crippen LogP contribution in [0.15, 0.2) is 48.5 Å². The summed E-state index contributed by atoms with van der Waals surface area (Å²) in [4.78, 5) is 11.5. The Balaban J connectivity index is 2.12. The van der Waals surface area contributed by atoms with Gasteiger partial charge >= 0.3 is 0 Å². The molecule has 0 saturated carbocycles. The smallest absolute Gasteiger partial charge is 0.221 e. The molecule has 1 aliphatic rings. The van der Waals surface area contributed by atoms with Crippen LogP contribution in [0.25, 0.3) is 0 Å². The van der Waals surface area contributed by atoms with Gasteiger partial charge in [-0.3, -0.25) is 10.1 Å². The number of carbonyl (C=O) groups is 1. The molecule has 3 unspecified atom stereocenters. The first kappa shape index (κ1) is 21.4. The molecule has 1 aliphatic heterocycles. The van der Waals surface area contributed by atoms with Gasteiger partial charge in [0.05, 0.1) is 25.4 Å². The Labute approximate surface area is 171 Å². The molecule has 0 bridgehead atoms. The van der Waals surface area contributed by atoms with Crippen LogP contribution in [0.2, 0.25) is 0 Å². The van der Waals surface area contributed by atoms with Crippen LogP contribution in [0, 0.1) is 11.2 Å². The Bertz CT molecular complexity index is 860. The van der Waals surface area contributed by atoms with E-state index in [-0.39, 0.29) is 25.2 Å². The van der Waals surface area contributed by atoms with Crippen LogP contribution in [0.3, 0.4) is 0 Å². The lowest BCUT2D eigenvalue weighted by Crippen LogP contribution is -2.57. The fourth-order valence-corrected chi connectivity index (χ4v) is 4.14. The standard InChI is InChI=1S/C23H29FN2O3/c1-4-21(17-8-6-5-7-9-17)26-23(15-29-14-22(23,3)13-27)19-12-18(25-16(2)28)10-11-20(19)24/h5-12,21,26-27H,4,13-15H2,1-3H3,(H,25,28). The number of halogens is 1. The van der Waals surface area contributed by atoms with E-state index in [1.165, 1.54) is 19.1 Å². The maximum Gasteiger partial charge on any atom is 0.221 e. The van der Waals surface area contributed by atoms with Gasteiger partial charge in [-0.15, -0.1) is 0 Å². The Morgan fingerprint density at radius 2 is 1.97 bits per heavy atom. The summed E-state index contributed by atoms with van der Waals surface area (Å²) in [5, 5.41) is 16.6. The van der Waals surface area contributed by atoms with Gasteiger partial charge in [-0.25, -0.2) is 4.39 Å². The van der Waals surface area contributed by atoms with Crippen LogP contribution in [-0.4, -0.2) is 30.8 Å². The third-order valence-corrected chi connectivity index (χ3v) is 5.90. The average molecular weight is 400 g/mol. The van der Waals surface area contributed by atoms with E-state index in [0.29, 0.717) is 17.9 Å². The highest BCUT2D eigenvalue weighted by Gasteiger charge is 2.55. The van der Waals surface area contributed by atoms with Crippen molar-refractivity contribution in [3.63, 3.8) is 0 Å². The number of hydrogen-bond donors (Lipinski definition) is 3. The van der Waals surface area contributed by atoms with E-state index >= 15 is 4.39 Å². The van der Waals surface area contributed by atoms with Crippen LogP contribution in [0.1, 0.15) is 44.4 Å². The maximum absolute atomic E-state index is 15.2. The van der Waals surface area contributed by atoms with Crippen molar-refractivity contribution in [1.29, 1.82) is 0 Å². The summed E-state index contributed by atoms with van der Waals surface area (Å²) in [5.41, 5.74) is 0.268. The molecule has 3 N–H and O–H groups in total. The summed E-state index contributed by atoms with van der Waals surface area (Å²) in [6.07, 6.45) is 0.778. The van der Waals surface area contributed by atoms with Crippen LogP contribution in [-0.2, 0) is 15.1 Å². The normalized spacial score (nSPS) is 25.0. The molecule has 5 nitrogen and oxygen atoms in total. The molecule has 6 heteroatoms. The summed E-state index contributed by atoms with van der Waals surface area (Å²) < 4.78 is 21.0. The first-order valence-corrected chi connectivity index (χ1v) is 9.94. The minimum atomic E-state index is -0.961. The van der Waals surface area contributed by atoms with E-state index in [2.05, 4.69) is 17.6 Å². The molecular weight excluding hydrogens is 371 g/mol. The zero-order valence-electron chi connectivity index (χ0n) is 17.2. The summed E-state index contributed by atoms with van der Waals surface area (Å²) in [7, 11) is 0. The van der Waals surface area contributed by atoms with Crippen molar-refractivity contribution in [3.8, 4) is 0 Å². The Morgan fingerprint density at radius 3 is 2.59 bits per heavy atom. The second kappa shape index (κ2) is 8.61. The van der Waals surface area contributed by atoms with Gasteiger partial charge < -0.3 is 15.2 Å². The van der Waals surface area contributed by atoms with E-state index in [1.807, 2.05) is 37.3 Å². The van der Waals surface area contributed by atoms with E-state index in [4.69, 9.17) is 4.74 Å². The van der Waals surface area contributed by atoms with Gasteiger partial charge in [0.2, 0.25) is 5.91 Å². The lowest BCUT2D eigenvalue weighted by Gasteiger charge is -2.44. The predicted octanol–water partition coefficient (Wildman–Crippen LogP) is 3.75. The van der Waals surface area contributed by atoms with Gasteiger partial charge in [-0.1, -0.05) is 44.2 Å². The van der Waals surface area contributed by atoms with Crippen LogP contribution < -0.4 is 10.6 Å². The minimum Gasteiger partial charge on any atom is -0.396 e. The number of amides is 1. The second-order valence-electron chi connectivity index (χ2n) is 8.01. The molecule has 0 aromatic heterocycles. The molecule has 3 atom stereocenters. The zero-order valence-corrected chi connectivity index (χ0v) is 17.2. The third kappa shape index (κ3) is 4.06. The van der Waals surface area contributed by atoms with Gasteiger partial charge in [-0.05, 0) is 30.2 Å². The Hall–Kier alpha value is -2.28. The van der Waals surface area contributed by atoms with Crippen LogP contribution >= 0.6 is 0 Å². The number of nitrogens with one attached hydrogen (secondary N) is 2. The molecule has 1 saturated heterocycles. The fraction of sp³-hybridized carbons (Fsp3) is 0.435. The first-order chi connectivity index (χ1) is 13.8. The summed E-state index contributed by atoms with van der Waals surface area (Å²) in [6.45, 7) is 5.72. The van der Waals surface area contributed by atoms with E-state index in [0.717, 1.165) is 12.0 Å². The minimum absolute atomic E-state index is 0.0624. The van der Waals surface area contributed by atoms with Gasteiger partial charge in [0.1, 0.15) is 5.82 Å². The van der Waals surface area contributed by atoms with Crippen molar-refractivity contribution < 1.29 is 19.0 Å². The highest BCUT2D eigenvalue weighted by molar-refractivity contribution is 5.88. The quantitative estimate of drug-likeness (QED) is 0.662. The number of aliphatic hydroxyl groups excluding tert-OH is 1. The van der Waals surface area contributed by atoms with Crippen molar-refractivity contribution in [2.75, 3.05) is 25.1 Å². The van der Waals surface area contributed by atoms with Crippen LogP contribution in [0.5, 0.6) is 0 Å². The molecule has 0 radical (unpaired) electrons. The number of aliphatic hydroxyl groups is 1. The number of rotatable bonds is 7.